The molecule has 0 aromatic heterocycles. The molecule has 0 radical (unpaired) electrons. The molecule has 2 unspecified atom stereocenters. The molecule has 11 heteroatoms. The van der Waals surface area contributed by atoms with Crippen molar-refractivity contribution in [1.82, 2.24) is 10.6 Å². The molecule has 2 aromatic carbocycles. The van der Waals surface area contributed by atoms with E-state index in [0.717, 1.165) is 12.1 Å². The Kier molecular flexibility index (Phi) is 7.67. The number of nitrogens with one attached hydrogen (secondary N) is 2. The third-order valence-electron chi connectivity index (χ3n) is 5.78. The molecule has 35 heavy (non-hydrogen) atoms. The molecule has 0 aliphatic carbocycles. The third-order valence-corrected chi connectivity index (χ3v) is 5.78. The van der Waals surface area contributed by atoms with E-state index in [4.69, 9.17) is 9.47 Å². The van der Waals surface area contributed by atoms with Crippen molar-refractivity contribution in [1.29, 1.82) is 0 Å². The molecule has 2 aliphatic rings. The number of halogens is 3. The van der Waals surface area contributed by atoms with Crippen molar-refractivity contribution in [3.63, 3.8) is 0 Å². The minimum Gasteiger partial charge on any atom is -0.442 e. The van der Waals surface area contributed by atoms with Gasteiger partial charge in [0, 0.05) is 37.6 Å². The lowest BCUT2D eigenvalue weighted by Crippen LogP contribution is -2.35. The molecule has 2 atom stereocenters. The van der Waals surface area contributed by atoms with Crippen LogP contribution in [-0.4, -0.2) is 56.7 Å². The Balaban J connectivity index is 1.26. The first-order valence-electron chi connectivity index (χ1n) is 11.2. The Morgan fingerprint density at radius 1 is 1.09 bits per heavy atom. The van der Waals surface area contributed by atoms with Crippen molar-refractivity contribution < 1.29 is 37.0 Å². The van der Waals surface area contributed by atoms with Crippen molar-refractivity contribution in [2.24, 2.45) is 0 Å². The summed E-state index contributed by atoms with van der Waals surface area (Å²) in [6.45, 7) is 1.77. The number of Topliss-reactive ketones (excluding diaryl/α,β-unsaturated/α-hetero) is 1. The number of amides is 2. The Morgan fingerprint density at radius 2 is 1.91 bits per heavy atom. The van der Waals surface area contributed by atoms with Crippen molar-refractivity contribution in [2.75, 3.05) is 37.7 Å². The Labute approximate surface area is 199 Å². The number of nitrogens with zero attached hydrogens (tertiary/aromatic N) is 1. The van der Waals surface area contributed by atoms with Crippen molar-refractivity contribution >= 4 is 23.5 Å². The normalized spacial score (nSPS) is 20.0. The fourth-order valence-electron chi connectivity index (χ4n) is 3.94. The van der Waals surface area contributed by atoms with E-state index in [0.29, 0.717) is 37.0 Å². The number of benzene rings is 2. The minimum atomic E-state index is -0.985. The second kappa shape index (κ2) is 10.9. The molecular formula is C24H24F3N3O5. The lowest BCUT2D eigenvalue weighted by atomic mass is 10.1. The average molecular weight is 491 g/mol. The summed E-state index contributed by atoms with van der Waals surface area (Å²) in [7, 11) is 0. The van der Waals surface area contributed by atoms with Gasteiger partial charge in [0.05, 0.1) is 37.1 Å². The van der Waals surface area contributed by atoms with Crippen LogP contribution in [0.1, 0.15) is 34.9 Å². The molecule has 0 saturated carbocycles. The van der Waals surface area contributed by atoms with Crippen LogP contribution in [0.15, 0.2) is 36.4 Å². The van der Waals surface area contributed by atoms with Gasteiger partial charge in [-0.3, -0.25) is 14.5 Å². The highest BCUT2D eigenvalue weighted by Crippen LogP contribution is 2.28. The van der Waals surface area contributed by atoms with E-state index < -0.39 is 47.4 Å². The maximum atomic E-state index is 14.7. The number of hydrogen-bond acceptors (Lipinski definition) is 6. The van der Waals surface area contributed by atoms with Crippen molar-refractivity contribution in [3.05, 3.63) is 65.0 Å². The first-order chi connectivity index (χ1) is 16.8. The minimum absolute atomic E-state index is 0.0116. The van der Waals surface area contributed by atoms with E-state index in [2.05, 4.69) is 10.6 Å². The summed E-state index contributed by atoms with van der Waals surface area (Å²) in [4.78, 5) is 37.7. The van der Waals surface area contributed by atoms with Crippen molar-refractivity contribution in [2.45, 2.75) is 25.0 Å². The summed E-state index contributed by atoms with van der Waals surface area (Å²) < 4.78 is 52.1. The smallest absolute Gasteiger partial charge is 0.414 e. The molecule has 2 amide bonds. The first-order valence-corrected chi connectivity index (χ1v) is 11.2. The molecule has 2 aromatic rings. The van der Waals surface area contributed by atoms with E-state index in [1.165, 1.54) is 11.0 Å². The van der Waals surface area contributed by atoms with Gasteiger partial charge in [-0.05, 0) is 24.3 Å². The van der Waals surface area contributed by atoms with Crippen LogP contribution in [0, 0.1) is 17.5 Å². The number of anilines is 1. The highest BCUT2D eigenvalue weighted by molar-refractivity contribution is 5.98. The number of carbonyl (C=O) groups excluding carboxylic acids is 3. The summed E-state index contributed by atoms with van der Waals surface area (Å²) in [5, 5.41) is 5.70. The maximum absolute atomic E-state index is 14.7. The van der Waals surface area contributed by atoms with Gasteiger partial charge in [0.25, 0.3) is 0 Å². The zero-order chi connectivity index (χ0) is 24.9. The van der Waals surface area contributed by atoms with Gasteiger partial charge in [-0.1, -0.05) is 6.07 Å². The fraction of sp³-hybridized carbons (Fsp3) is 0.375. The molecule has 186 valence electrons. The predicted octanol–water partition coefficient (Wildman–Crippen LogP) is 2.87. The number of cyclic esters (lactones) is 1. The molecular weight excluding hydrogens is 467 g/mol. The van der Waals surface area contributed by atoms with Gasteiger partial charge in [0.15, 0.2) is 5.78 Å². The topological polar surface area (TPSA) is 97.0 Å². The SMILES string of the molecule is O=C(CCC(=O)c1ccc(F)cc1F)NCC1CN(c2ccc(C3CNCCO3)c(F)c2)C(=O)O1. The maximum Gasteiger partial charge on any atom is 0.414 e. The Morgan fingerprint density at radius 3 is 2.63 bits per heavy atom. The number of hydrogen-bond donors (Lipinski definition) is 2. The standard InChI is InChI=1S/C24H24F3N3O5/c25-14-1-3-17(19(26)9-14)21(31)5-6-23(32)29-11-16-13-30(24(33)35-16)15-2-4-18(20(27)10-15)22-12-28-7-8-34-22/h1-4,9-10,16,22,28H,5-8,11-13H2,(H,29,32). The molecule has 2 N–H and O–H groups in total. The summed E-state index contributed by atoms with van der Waals surface area (Å²) in [6, 6.07) is 7.04. The van der Waals surface area contributed by atoms with Gasteiger partial charge in [-0.15, -0.1) is 0 Å². The molecule has 0 bridgehead atoms. The van der Waals surface area contributed by atoms with E-state index in [-0.39, 0.29) is 31.5 Å². The lowest BCUT2D eigenvalue weighted by molar-refractivity contribution is -0.121. The molecule has 2 fully saturated rings. The van der Waals surface area contributed by atoms with Crippen LogP contribution >= 0.6 is 0 Å². The van der Waals surface area contributed by atoms with E-state index in [1.54, 1.807) is 12.1 Å². The second-order valence-electron chi connectivity index (χ2n) is 8.24. The average Bonchev–Trinajstić information content (AvgIpc) is 3.22. The third kappa shape index (κ3) is 5.98. The van der Waals surface area contributed by atoms with Gasteiger partial charge in [-0.25, -0.2) is 18.0 Å². The predicted molar refractivity (Wildman–Crippen MR) is 119 cm³/mol. The Hall–Kier alpha value is -3.44. The molecule has 2 heterocycles. The molecule has 2 saturated heterocycles. The highest BCUT2D eigenvalue weighted by Gasteiger charge is 2.33. The van der Waals surface area contributed by atoms with E-state index >= 15 is 0 Å². The van der Waals surface area contributed by atoms with Gasteiger partial charge in [0.1, 0.15) is 23.6 Å². The van der Waals surface area contributed by atoms with Gasteiger partial charge in [-0.2, -0.15) is 0 Å². The molecule has 0 spiro atoms. The monoisotopic (exact) mass is 491 g/mol. The number of rotatable bonds is 8. The largest absolute Gasteiger partial charge is 0.442 e. The highest BCUT2D eigenvalue weighted by atomic mass is 19.1. The van der Waals surface area contributed by atoms with Crippen LogP contribution < -0.4 is 15.5 Å². The fourth-order valence-corrected chi connectivity index (χ4v) is 3.94. The van der Waals surface area contributed by atoms with Gasteiger partial charge < -0.3 is 20.1 Å². The number of ether oxygens (including phenoxy) is 2. The first kappa shape index (κ1) is 24.7. The lowest BCUT2D eigenvalue weighted by Gasteiger charge is -2.25. The van der Waals surface area contributed by atoms with Crippen LogP contribution in [0.2, 0.25) is 0 Å². The Bertz CT molecular complexity index is 1120. The van der Waals surface area contributed by atoms with Gasteiger partial charge in [0.2, 0.25) is 5.91 Å². The van der Waals surface area contributed by atoms with Crippen LogP contribution in [0.5, 0.6) is 0 Å². The number of carbonyl (C=O) groups is 3. The molecule has 2 aliphatic heterocycles. The zero-order valence-corrected chi connectivity index (χ0v) is 18.7. The molecule has 8 nitrogen and oxygen atoms in total. The molecule has 4 rings (SSSR count). The van der Waals surface area contributed by atoms with E-state index in [1.807, 2.05) is 0 Å². The zero-order valence-electron chi connectivity index (χ0n) is 18.7. The summed E-state index contributed by atoms with van der Waals surface area (Å²) >= 11 is 0. The summed E-state index contributed by atoms with van der Waals surface area (Å²) in [6.07, 6.45) is -2.24. The quantitative estimate of drug-likeness (QED) is 0.552. The second-order valence-corrected chi connectivity index (χ2v) is 8.24. The van der Waals surface area contributed by atoms with E-state index in [9.17, 15) is 27.6 Å². The van der Waals surface area contributed by atoms with Crippen LogP contribution in [-0.2, 0) is 14.3 Å². The van der Waals surface area contributed by atoms with Crippen molar-refractivity contribution in [3.8, 4) is 0 Å². The number of morpholine rings is 1. The number of ketones is 1. The van der Waals surface area contributed by atoms with Gasteiger partial charge >= 0.3 is 6.09 Å². The van der Waals surface area contributed by atoms with Crippen LogP contribution in [0.25, 0.3) is 0 Å². The van der Waals surface area contributed by atoms with Crippen LogP contribution in [0.3, 0.4) is 0 Å². The van der Waals surface area contributed by atoms with Crippen LogP contribution in [0.4, 0.5) is 23.7 Å². The summed E-state index contributed by atoms with van der Waals surface area (Å²) in [5.74, 6) is -3.40. The summed E-state index contributed by atoms with van der Waals surface area (Å²) in [5.41, 5.74) is 0.428.